The van der Waals surface area contributed by atoms with Gasteiger partial charge in [-0.25, -0.2) is 9.97 Å². The maximum Gasteiger partial charge on any atom is 0.225 e. The van der Waals surface area contributed by atoms with Gasteiger partial charge in [-0.05, 0) is 6.07 Å². The van der Waals surface area contributed by atoms with Gasteiger partial charge in [-0.1, -0.05) is 0 Å². The Bertz CT molecular complexity index is 643. The summed E-state index contributed by atoms with van der Waals surface area (Å²) in [6, 6.07) is 1.83. The van der Waals surface area contributed by atoms with E-state index in [-0.39, 0.29) is 0 Å². The van der Waals surface area contributed by atoms with Crippen LogP contribution in [0.25, 0.3) is 0 Å². The van der Waals surface area contributed by atoms with Crippen molar-refractivity contribution >= 4 is 11.9 Å². The van der Waals surface area contributed by atoms with Gasteiger partial charge in [-0.2, -0.15) is 0 Å². The average Bonchev–Trinajstić information content (AvgIpc) is 3.02. The average molecular weight is 315 g/mol. The molecule has 0 unspecified atom stereocenters. The van der Waals surface area contributed by atoms with Gasteiger partial charge >= 0.3 is 0 Å². The van der Waals surface area contributed by atoms with Crippen LogP contribution in [-0.4, -0.2) is 68.8 Å². The number of hydrogen-bond acceptors (Lipinski definition) is 6. The van der Waals surface area contributed by atoms with Crippen molar-refractivity contribution in [1.29, 1.82) is 0 Å². The number of hydrogen-bond donors (Lipinski definition) is 1. The Hall–Kier alpha value is -2.71. The molecule has 23 heavy (non-hydrogen) atoms. The molecule has 2 aromatic heterocycles. The Kier molecular flexibility index (Phi) is 4.65. The molecule has 1 N–H and O–H groups in total. The first kappa shape index (κ1) is 15.2. The van der Waals surface area contributed by atoms with E-state index >= 15 is 0 Å². The summed E-state index contributed by atoms with van der Waals surface area (Å²) < 4.78 is 1.89. The Labute approximate surface area is 135 Å². The van der Waals surface area contributed by atoms with Gasteiger partial charge in [0, 0.05) is 52.7 Å². The molecule has 2 aromatic rings. The molecule has 0 saturated carbocycles. The number of anilines is 1. The van der Waals surface area contributed by atoms with E-state index in [1.165, 1.54) is 0 Å². The van der Waals surface area contributed by atoms with Crippen LogP contribution < -0.4 is 10.2 Å². The van der Waals surface area contributed by atoms with Crippen molar-refractivity contribution < 1.29 is 0 Å². The molecule has 1 aliphatic heterocycles. The van der Waals surface area contributed by atoms with Gasteiger partial charge < -0.3 is 19.7 Å². The second kappa shape index (κ2) is 7.03. The van der Waals surface area contributed by atoms with Crippen molar-refractivity contribution in [3.05, 3.63) is 30.6 Å². The lowest BCUT2D eigenvalue weighted by molar-refractivity contribution is 0.369. The first-order valence-corrected chi connectivity index (χ1v) is 7.58. The van der Waals surface area contributed by atoms with Crippen LogP contribution in [0.1, 0.15) is 5.82 Å². The first-order valence-electron chi connectivity index (χ1n) is 7.58. The zero-order valence-electron chi connectivity index (χ0n) is 13.4. The Morgan fingerprint density at radius 3 is 2.57 bits per heavy atom. The highest BCUT2D eigenvalue weighted by Gasteiger charge is 2.21. The highest BCUT2D eigenvalue weighted by molar-refractivity contribution is 5.80. The highest BCUT2D eigenvalue weighted by atomic mass is 15.4. The van der Waals surface area contributed by atoms with E-state index in [2.05, 4.69) is 40.3 Å². The molecule has 9 heteroatoms. The van der Waals surface area contributed by atoms with Crippen molar-refractivity contribution in [3.63, 3.8) is 0 Å². The molecule has 0 radical (unpaired) electrons. The van der Waals surface area contributed by atoms with Crippen LogP contribution in [0.4, 0.5) is 5.95 Å². The van der Waals surface area contributed by atoms with Crippen LogP contribution in [0, 0.1) is 0 Å². The predicted octanol–water partition coefficient (Wildman–Crippen LogP) is -0.497. The summed E-state index contributed by atoms with van der Waals surface area (Å²) in [6.45, 7) is 4.09. The Morgan fingerprint density at radius 1 is 1.22 bits per heavy atom. The molecule has 0 aliphatic carbocycles. The maximum absolute atomic E-state index is 4.36. The van der Waals surface area contributed by atoms with Crippen LogP contribution in [-0.2, 0) is 13.6 Å². The van der Waals surface area contributed by atoms with Gasteiger partial charge in [-0.3, -0.25) is 4.99 Å². The smallest absolute Gasteiger partial charge is 0.225 e. The van der Waals surface area contributed by atoms with Crippen LogP contribution in [0.3, 0.4) is 0 Å². The second-order valence-corrected chi connectivity index (χ2v) is 5.28. The predicted molar refractivity (Wildman–Crippen MR) is 87.0 cm³/mol. The number of aryl methyl sites for hydroxylation is 1. The molecule has 0 spiro atoms. The molecule has 0 aromatic carbocycles. The van der Waals surface area contributed by atoms with Crippen LogP contribution >= 0.6 is 0 Å². The SMILES string of the molecule is CN=C(NCc1nncn1C)N1CCN(c2ncccn2)CC1. The lowest BCUT2D eigenvalue weighted by atomic mass is 10.3. The van der Waals surface area contributed by atoms with Gasteiger partial charge in [0.1, 0.15) is 6.33 Å². The van der Waals surface area contributed by atoms with E-state index in [1.807, 2.05) is 17.7 Å². The molecule has 122 valence electrons. The third-order valence-corrected chi connectivity index (χ3v) is 3.84. The number of rotatable bonds is 3. The van der Waals surface area contributed by atoms with E-state index in [1.54, 1.807) is 25.8 Å². The van der Waals surface area contributed by atoms with Gasteiger partial charge in [0.05, 0.1) is 6.54 Å². The fourth-order valence-electron chi connectivity index (χ4n) is 2.53. The van der Waals surface area contributed by atoms with E-state index in [9.17, 15) is 0 Å². The summed E-state index contributed by atoms with van der Waals surface area (Å²) in [5.41, 5.74) is 0. The number of nitrogens with zero attached hydrogens (tertiary/aromatic N) is 8. The molecule has 9 nitrogen and oxygen atoms in total. The number of piperazine rings is 1. The first-order chi connectivity index (χ1) is 11.3. The largest absolute Gasteiger partial charge is 0.349 e. The topological polar surface area (TPSA) is 87.4 Å². The lowest BCUT2D eigenvalue weighted by Crippen LogP contribution is -2.52. The lowest BCUT2D eigenvalue weighted by Gasteiger charge is -2.36. The van der Waals surface area contributed by atoms with Crippen molar-refractivity contribution in [2.45, 2.75) is 6.54 Å². The number of nitrogens with one attached hydrogen (secondary N) is 1. The van der Waals surface area contributed by atoms with E-state index < -0.39 is 0 Å². The Balaban J connectivity index is 1.54. The summed E-state index contributed by atoms with van der Waals surface area (Å²) >= 11 is 0. The molecule has 0 bridgehead atoms. The summed E-state index contributed by atoms with van der Waals surface area (Å²) in [5.74, 6) is 2.54. The fourth-order valence-corrected chi connectivity index (χ4v) is 2.53. The van der Waals surface area contributed by atoms with Crippen LogP contribution in [0.5, 0.6) is 0 Å². The number of aliphatic imine (C=N–C) groups is 1. The van der Waals surface area contributed by atoms with Crippen molar-refractivity contribution in [2.75, 3.05) is 38.1 Å². The van der Waals surface area contributed by atoms with Crippen LogP contribution in [0.2, 0.25) is 0 Å². The molecule has 3 heterocycles. The van der Waals surface area contributed by atoms with Gasteiger partial charge in [0.15, 0.2) is 11.8 Å². The summed E-state index contributed by atoms with van der Waals surface area (Å²) in [6.07, 6.45) is 5.24. The molecular weight excluding hydrogens is 294 g/mol. The Morgan fingerprint density at radius 2 is 1.96 bits per heavy atom. The van der Waals surface area contributed by atoms with Gasteiger partial charge in [-0.15, -0.1) is 10.2 Å². The molecule has 1 fully saturated rings. The second-order valence-electron chi connectivity index (χ2n) is 5.28. The summed E-state index contributed by atoms with van der Waals surface area (Å²) in [7, 11) is 3.73. The zero-order valence-corrected chi connectivity index (χ0v) is 13.4. The monoisotopic (exact) mass is 315 g/mol. The van der Waals surface area contributed by atoms with Crippen molar-refractivity contribution in [3.8, 4) is 0 Å². The van der Waals surface area contributed by atoms with Gasteiger partial charge in [0.2, 0.25) is 5.95 Å². The zero-order chi connectivity index (χ0) is 16.1. The fraction of sp³-hybridized carbons (Fsp3) is 0.500. The summed E-state index contributed by atoms with van der Waals surface area (Å²) in [4.78, 5) is 17.4. The van der Waals surface area contributed by atoms with E-state index in [4.69, 9.17) is 0 Å². The molecule has 0 atom stereocenters. The minimum absolute atomic E-state index is 0.602. The minimum atomic E-state index is 0.602. The third kappa shape index (κ3) is 3.55. The summed E-state index contributed by atoms with van der Waals surface area (Å²) in [5, 5.41) is 11.3. The quantitative estimate of drug-likeness (QED) is 0.603. The molecule has 1 saturated heterocycles. The highest BCUT2D eigenvalue weighted by Crippen LogP contribution is 2.09. The van der Waals surface area contributed by atoms with Crippen molar-refractivity contribution in [2.24, 2.45) is 12.0 Å². The minimum Gasteiger partial charge on any atom is -0.349 e. The standard InChI is InChI=1S/C14H21N9/c1-15-13(18-10-12-20-19-11-21(12)2)22-6-8-23(9-7-22)14-16-4-3-5-17-14/h3-5,11H,6-10H2,1-2H3,(H,15,18). The third-order valence-electron chi connectivity index (χ3n) is 3.84. The normalized spacial score (nSPS) is 15.8. The molecule has 0 amide bonds. The molecular formula is C14H21N9. The van der Waals surface area contributed by atoms with E-state index in [0.717, 1.165) is 43.9 Å². The van der Waals surface area contributed by atoms with Gasteiger partial charge in [0.25, 0.3) is 0 Å². The number of aromatic nitrogens is 5. The number of guanidine groups is 1. The van der Waals surface area contributed by atoms with Crippen molar-refractivity contribution in [1.82, 2.24) is 34.9 Å². The molecule has 1 aliphatic rings. The molecule has 3 rings (SSSR count). The van der Waals surface area contributed by atoms with E-state index in [0.29, 0.717) is 6.54 Å². The van der Waals surface area contributed by atoms with Crippen LogP contribution in [0.15, 0.2) is 29.8 Å². The maximum atomic E-state index is 4.36.